The Morgan fingerprint density at radius 1 is 1.30 bits per heavy atom. The van der Waals surface area contributed by atoms with Crippen LogP contribution in [0.4, 0.5) is 20.3 Å². The summed E-state index contributed by atoms with van der Waals surface area (Å²) in [5.74, 6) is -1.28. The fourth-order valence-corrected chi connectivity index (χ4v) is 2.07. The molecule has 20 heavy (non-hydrogen) atoms. The van der Waals surface area contributed by atoms with Gasteiger partial charge in [0.25, 0.3) is 0 Å². The minimum absolute atomic E-state index is 0.0571. The molecule has 1 aromatic carbocycles. The van der Waals surface area contributed by atoms with Crippen LogP contribution in [-0.4, -0.2) is 16.6 Å². The Morgan fingerprint density at radius 2 is 2.10 bits per heavy atom. The third-order valence-electron chi connectivity index (χ3n) is 2.33. The van der Waals surface area contributed by atoms with Gasteiger partial charge in [-0.2, -0.15) is 0 Å². The number of thioether (sulfide) groups is 1. The van der Waals surface area contributed by atoms with E-state index in [0.29, 0.717) is 5.82 Å². The van der Waals surface area contributed by atoms with Gasteiger partial charge in [0.2, 0.25) is 5.91 Å². The summed E-state index contributed by atoms with van der Waals surface area (Å²) < 4.78 is 26.3. The number of halogens is 2. The van der Waals surface area contributed by atoms with Gasteiger partial charge >= 0.3 is 0 Å². The highest BCUT2D eigenvalue weighted by molar-refractivity contribution is 8.00. The van der Waals surface area contributed by atoms with Crippen molar-refractivity contribution in [3.8, 4) is 0 Å². The summed E-state index contributed by atoms with van der Waals surface area (Å²) in [5, 5.41) is 2.31. The standard InChI is InChI=1S/C13H11F2N3OS/c14-8-1-3-10(15)11(5-8)18-13(19)7-20-9-2-4-12(16)17-6-9/h1-6H,7H2,(H2,16,17)(H,18,19). The predicted molar refractivity (Wildman–Crippen MR) is 74.4 cm³/mol. The molecule has 0 aliphatic carbocycles. The molecule has 1 amide bonds. The summed E-state index contributed by atoms with van der Waals surface area (Å²) in [4.78, 5) is 16.3. The number of anilines is 2. The summed E-state index contributed by atoms with van der Waals surface area (Å²) in [6.45, 7) is 0. The van der Waals surface area contributed by atoms with Crippen LogP contribution in [0.5, 0.6) is 0 Å². The lowest BCUT2D eigenvalue weighted by Crippen LogP contribution is -2.15. The van der Waals surface area contributed by atoms with E-state index in [1.54, 1.807) is 12.1 Å². The molecule has 104 valence electrons. The van der Waals surface area contributed by atoms with Crippen LogP contribution in [-0.2, 0) is 4.79 Å². The lowest BCUT2D eigenvalue weighted by atomic mass is 10.3. The number of nitrogens with two attached hydrogens (primary N) is 1. The maximum absolute atomic E-state index is 13.3. The van der Waals surface area contributed by atoms with Crippen molar-refractivity contribution >= 4 is 29.2 Å². The van der Waals surface area contributed by atoms with Crippen LogP contribution >= 0.6 is 11.8 Å². The minimum atomic E-state index is -0.682. The van der Waals surface area contributed by atoms with Gasteiger partial charge in [-0.25, -0.2) is 13.8 Å². The molecule has 3 N–H and O–H groups in total. The molecule has 0 saturated carbocycles. The van der Waals surface area contributed by atoms with Crippen molar-refractivity contribution in [2.24, 2.45) is 0 Å². The van der Waals surface area contributed by atoms with Gasteiger partial charge in [-0.3, -0.25) is 4.79 Å². The predicted octanol–water partition coefficient (Wildman–Crippen LogP) is 2.67. The number of hydrogen-bond donors (Lipinski definition) is 2. The second-order valence-electron chi connectivity index (χ2n) is 3.88. The van der Waals surface area contributed by atoms with Crippen molar-refractivity contribution in [1.29, 1.82) is 0 Å². The van der Waals surface area contributed by atoms with Gasteiger partial charge in [0, 0.05) is 17.2 Å². The van der Waals surface area contributed by atoms with E-state index < -0.39 is 17.5 Å². The van der Waals surface area contributed by atoms with Crippen LogP contribution in [0.25, 0.3) is 0 Å². The smallest absolute Gasteiger partial charge is 0.234 e. The summed E-state index contributed by atoms with van der Waals surface area (Å²) in [7, 11) is 0. The van der Waals surface area contributed by atoms with Crippen LogP contribution in [0, 0.1) is 11.6 Å². The molecule has 0 radical (unpaired) electrons. The Balaban J connectivity index is 1.92. The van der Waals surface area contributed by atoms with Gasteiger partial charge in [-0.1, -0.05) is 0 Å². The minimum Gasteiger partial charge on any atom is -0.384 e. The van der Waals surface area contributed by atoms with E-state index in [-0.39, 0.29) is 11.4 Å². The van der Waals surface area contributed by atoms with E-state index in [0.717, 1.165) is 23.1 Å². The summed E-state index contributed by atoms with van der Waals surface area (Å²) >= 11 is 1.22. The number of nitrogens with one attached hydrogen (secondary N) is 1. The number of nitrogens with zero attached hydrogens (tertiary/aromatic N) is 1. The molecule has 0 fully saturated rings. The molecule has 0 bridgehead atoms. The molecule has 0 aliphatic heterocycles. The Morgan fingerprint density at radius 3 is 2.80 bits per heavy atom. The Kier molecular flexibility index (Phi) is 4.52. The van der Waals surface area contributed by atoms with Crippen LogP contribution in [0.3, 0.4) is 0 Å². The number of carbonyl (C=O) groups excluding carboxylic acids is 1. The van der Waals surface area contributed by atoms with E-state index in [9.17, 15) is 13.6 Å². The molecule has 0 saturated heterocycles. The average molecular weight is 295 g/mol. The lowest BCUT2D eigenvalue weighted by molar-refractivity contribution is -0.113. The Bertz CT molecular complexity index is 620. The third kappa shape index (κ3) is 3.92. The monoisotopic (exact) mass is 295 g/mol. The summed E-state index contributed by atoms with van der Waals surface area (Å²) in [6.07, 6.45) is 1.54. The van der Waals surface area contributed by atoms with Gasteiger partial charge in [0.15, 0.2) is 0 Å². The fourth-order valence-electron chi connectivity index (χ4n) is 1.41. The van der Waals surface area contributed by atoms with E-state index >= 15 is 0 Å². The molecule has 0 atom stereocenters. The van der Waals surface area contributed by atoms with Crippen molar-refractivity contribution < 1.29 is 13.6 Å². The van der Waals surface area contributed by atoms with Gasteiger partial charge < -0.3 is 11.1 Å². The molecule has 7 heteroatoms. The van der Waals surface area contributed by atoms with Gasteiger partial charge in [0.05, 0.1) is 11.4 Å². The van der Waals surface area contributed by atoms with Crippen molar-refractivity contribution in [3.63, 3.8) is 0 Å². The number of hydrogen-bond acceptors (Lipinski definition) is 4. The number of carbonyl (C=O) groups is 1. The van der Waals surface area contributed by atoms with Gasteiger partial charge in [-0.15, -0.1) is 11.8 Å². The van der Waals surface area contributed by atoms with Crippen molar-refractivity contribution in [2.45, 2.75) is 4.90 Å². The SMILES string of the molecule is Nc1ccc(SCC(=O)Nc2cc(F)ccc2F)cn1. The molecule has 4 nitrogen and oxygen atoms in total. The molecular weight excluding hydrogens is 284 g/mol. The first-order valence-corrected chi connectivity index (χ1v) is 6.62. The highest BCUT2D eigenvalue weighted by Crippen LogP contribution is 2.19. The molecule has 2 rings (SSSR count). The number of rotatable bonds is 4. The van der Waals surface area contributed by atoms with Crippen molar-refractivity contribution in [2.75, 3.05) is 16.8 Å². The fraction of sp³-hybridized carbons (Fsp3) is 0.0769. The second-order valence-corrected chi connectivity index (χ2v) is 4.93. The highest BCUT2D eigenvalue weighted by atomic mass is 32.2. The normalized spacial score (nSPS) is 10.3. The zero-order chi connectivity index (χ0) is 14.5. The van der Waals surface area contributed by atoms with Crippen molar-refractivity contribution in [3.05, 3.63) is 48.2 Å². The lowest BCUT2D eigenvalue weighted by Gasteiger charge is -2.06. The van der Waals surface area contributed by atoms with E-state index in [1.807, 2.05) is 0 Å². The number of nitrogen functional groups attached to an aromatic ring is 1. The number of pyridine rings is 1. The molecule has 2 aromatic rings. The van der Waals surface area contributed by atoms with Crippen LogP contribution < -0.4 is 11.1 Å². The Hall–Kier alpha value is -2.15. The topological polar surface area (TPSA) is 68.0 Å². The largest absolute Gasteiger partial charge is 0.384 e. The van der Waals surface area contributed by atoms with Crippen LogP contribution in [0.1, 0.15) is 0 Å². The number of aromatic nitrogens is 1. The van der Waals surface area contributed by atoms with Crippen LogP contribution in [0.15, 0.2) is 41.4 Å². The van der Waals surface area contributed by atoms with Gasteiger partial charge in [-0.05, 0) is 24.3 Å². The van der Waals surface area contributed by atoms with Gasteiger partial charge in [0.1, 0.15) is 17.5 Å². The first-order chi connectivity index (χ1) is 9.54. The van der Waals surface area contributed by atoms with Crippen molar-refractivity contribution in [1.82, 2.24) is 4.98 Å². The zero-order valence-corrected chi connectivity index (χ0v) is 11.1. The third-order valence-corrected chi connectivity index (χ3v) is 3.31. The summed E-state index contributed by atoms with van der Waals surface area (Å²) in [5.41, 5.74) is 5.26. The molecule has 0 unspecified atom stereocenters. The maximum Gasteiger partial charge on any atom is 0.234 e. The molecule has 0 aliphatic rings. The quantitative estimate of drug-likeness (QED) is 0.851. The number of amides is 1. The van der Waals surface area contributed by atoms with E-state index in [1.165, 1.54) is 18.0 Å². The maximum atomic E-state index is 13.3. The molecule has 1 aromatic heterocycles. The van der Waals surface area contributed by atoms with E-state index in [4.69, 9.17) is 5.73 Å². The zero-order valence-electron chi connectivity index (χ0n) is 10.3. The molecule has 1 heterocycles. The Labute approximate surface area is 118 Å². The highest BCUT2D eigenvalue weighted by Gasteiger charge is 2.08. The number of benzene rings is 1. The van der Waals surface area contributed by atoms with Crippen LogP contribution in [0.2, 0.25) is 0 Å². The summed E-state index contributed by atoms with van der Waals surface area (Å²) in [6, 6.07) is 6.22. The second kappa shape index (κ2) is 6.33. The first kappa shape index (κ1) is 14.3. The molecule has 0 spiro atoms. The van der Waals surface area contributed by atoms with E-state index in [2.05, 4.69) is 10.3 Å². The first-order valence-electron chi connectivity index (χ1n) is 5.64. The molecular formula is C13H11F2N3OS. The average Bonchev–Trinajstić information content (AvgIpc) is 2.42.